The highest BCUT2D eigenvalue weighted by atomic mass is 19.4. The van der Waals surface area contributed by atoms with Crippen LogP contribution in [0.3, 0.4) is 0 Å². The van der Waals surface area contributed by atoms with Gasteiger partial charge in [0.15, 0.2) is 5.76 Å². The van der Waals surface area contributed by atoms with Crippen molar-refractivity contribution in [3.05, 3.63) is 53.5 Å². The van der Waals surface area contributed by atoms with Crippen LogP contribution in [-0.4, -0.2) is 48.4 Å². The second-order valence-corrected chi connectivity index (χ2v) is 8.42. The van der Waals surface area contributed by atoms with E-state index in [1.165, 1.54) is 12.3 Å². The van der Waals surface area contributed by atoms with Crippen LogP contribution in [0.4, 0.5) is 18.9 Å². The van der Waals surface area contributed by atoms with E-state index in [2.05, 4.69) is 5.32 Å². The Labute approximate surface area is 177 Å². The molecular weight excluding hydrogens is 411 g/mol. The van der Waals surface area contributed by atoms with Gasteiger partial charge in [-0.1, -0.05) is 0 Å². The summed E-state index contributed by atoms with van der Waals surface area (Å²) in [5.74, 6) is -0.709. The minimum atomic E-state index is -4.44. The molecule has 9 heteroatoms. The number of amides is 2. The van der Waals surface area contributed by atoms with Crippen molar-refractivity contribution in [2.75, 3.05) is 24.5 Å². The van der Waals surface area contributed by atoms with E-state index in [1.807, 2.05) is 4.90 Å². The number of halogens is 3. The molecule has 2 amide bonds. The fraction of sp³-hybridized carbons (Fsp3) is 0.455. The average Bonchev–Trinajstić information content (AvgIpc) is 3.39. The summed E-state index contributed by atoms with van der Waals surface area (Å²) in [7, 11) is 0. The fourth-order valence-corrected chi connectivity index (χ4v) is 4.58. The number of carbonyl (C=O) groups is 2. The number of hydrogen-bond acceptors (Lipinski definition) is 4. The van der Waals surface area contributed by atoms with Gasteiger partial charge in [0, 0.05) is 31.4 Å². The van der Waals surface area contributed by atoms with Gasteiger partial charge in [0.2, 0.25) is 5.91 Å². The second-order valence-electron chi connectivity index (χ2n) is 8.42. The van der Waals surface area contributed by atoms with Crippen LogP contribution in [0.15, 0.2) is 41.0 Å². The second kappa shape index (κ2) is 7.32. The Balaban J connectivity index is 1.46. The maximum absolute atomic E-state index is 13.3. The molecule has 2 aliphatic heterocycles. The molecule has 0 spiro atoms. The summed E-state index contributed by atoms with van der Waals surface area (Å²) in [5.41, 5.74) is 0.518. The zero-order valence-corrected chi connectivity index (χ0v) is 16.7. The fourth-order valence-electron chi connectivity index (χ4n) is 4.58. The zero-order chi connectivity index (χ0) is 21.8. The molecule has 6 nitrogen and oxygen atoms in total. The van der Waals surface area contributed by atoms with Crippen LogP contribution >= 0.6 is 0 Å². The third-order valence-corrected chi connectivity index (χ3v) is 6.32. The highest BCUT2D eigenvalue weighted by Crippen LogP contribution is 2.40. The first kappa shape index (κ1) is 20.0. The SMILES string of the molecule is O=C(NC1CC1)[C@H]1Cc2cc(C(F)(F)F)ccc2N2CCN(C(=O)c3ccco3)C[C@H]12. The van der Waals surface area contributed by atoms with Gasteiger partial charge >= 0.3 is 6.18 Å². The molecule has 1 aromatic heterocycles. The van der Waals surface area contributed by atoms with E-state index in [0.717, 1.165) is 25.0 Å². The summed E-state index contributed by atoms with van der Waals surface area (Å²) in [6.07, 6.45) is -0.951. The molecule has 0 radical (unpaired) electrons. The van der Waals surface area contributed by atoms with Crippen LogP contribution in [-0.2, 0) is 17.4 Å². The Morgan fingerprint density at radius 2 is 1.94 bits per heavy atom. The van der Waals surface area contributed by atoms with E-state index in [9.17, 15) is 22.8 Å². The number of piperazine rings is 1. The van der Waals surface area contributed by atoms with Gasteiger partial charge in [0.1, 0.15) is 0 Å². The van der Waals surface area contributed by atoms with Crippen LogP contribution in [0.2, 0.25) is 0 Å². The van der Waals surface area contributed by atoms with Crippen LogP contribution < -0.4 is 10.2 Å². The topological polar surface area (TPSA) is 65.8 Å². The first-order chi connectivity index (χ1) is 14.8. The van der Waals surface area contributed by atoms with Crippen molar-refractivity contribution in [2.45, 2.75) is 37.5 Å². The first-order valence-electron chi connectivity index (χ1n) is 10.4. The number of carbonyl (C=O) groups excluding carboxylic acids is 2. The van der Waals surface area contributed by atoms with Crippen LogP contribution in [0, 0.1) is 5.92 Å². The number of nitrogens with zero attached hydrogens (tertiary/aromatic N) is 2. The summed E-state index contributed by atoms with van der Waals surface area (Å²) >= 11 is 0. The molecule has 2 aromatic rings. The molecule has 1 N–H and O–H groups in total. The minimum absolute atomic E-state index is 0.147. The Morgan fingerprint density at radius 3 is 2.61 bits per heavy atom. The van der Waals surface area contributed by atoms with Gasteiger partial charge in [-0.25, -0.2) is 0 Å². The van der Waals surface area contributed by atoms with Crippen LogP contribution in [0.1, 0.15) is 34.5 Å². The van der Waals surface area contributed by atoms with Gasteiger partial charge in [-0.05, 0) is 55.2 Å². The predicted octanol–water partition coefficient (Wildman–Crippen LogP) is 3.08. The largest absolute Gasteiger partial charge is 0.459 e. The molecule has 3 aliphatic rings. The van der Waals surface area contributed by atoms with E-state index < -0.39 is 17.7 Å². The molecule has 2 atom stereocenters. The summed E-state index contributed by atoms with van der Waals surface area (Å²) in [6, 6.07) is 6.81. The van der Waals surface area contributed by atoms with Gasteiger partial charge < -0.3 is 19.5 Å². The summed E-state index contributed by atoms with van der Waals surface area (Å²) in [6.45, 7) is 1.14. The van der Waals surface area contributed by atoms with Crippen molar-refractivity contribution in [1.82, 2.24) is 10.2 Å². The molecule has 0 bridgehead atoms. The Bertz CT molecular complexity index is 1000. The maximum Gasteiger partial charge on any atom is 0.416 e. The number of fused-ring (bicyclic) bond motifs is 3. The number of rotatable bonds is 3. The van der Waals surface area contributed by atoms with Crippen molar-refractivity contribution in [3.8, 4) is 0 Å². The first-order valence-corrected chi connectivity index (χ1v) is 10.4. The van der Waals surface area contributed by atoms with Crippen molar-refractivity contribution >= 4 is 17.5 Å². The number of nitrogens with one attached hydrogen (secondary N) is 1. The summed E-state index contributed by atoms with van der Waals surface area (Å²) in [4.78, 5) is 29.5. The Morgan fingerprint density at radius 1 is 1.13 bits per heavy atom. The van der Waals surface area contributed by atoms with Gasteiger partial charge in [-0.3, -0.25) is 9.59 Å². The normalized spacial score (nSPS) is 23.2. The molecule has 3 heterocycles. The summed E-state index contributed by atoms with van der Waals surface area (Å²) < 4.78 is 45.0. The van der Waals surface area contributed by atoms with Gasteiger partial charge in [0.25, 0.3) is 5.91 Å². The molecule has 2 fully saturated rings. The molecule has 1 saturated heterocycles. The lowest BCUT2D eigenvalue weighted by molar-refractivity contribution is -0.137. The highest BCUT2D eigenvalue weighted by Gasteiger charge is 2.44. The van der Waals surface area contributed by atoms with Crippen molar-refractivity contribution in [1.29, 1.82) is 0 Å². The molecule has 5 rings (SSSR count). The predicted molar refractivity (Wildman–Crippen MR) is 106 cm³/mol. The molecule has 1 saturated carbocycles. The van der Waals surface area contributed by atoms with Crippen molar-refractivity contribution in [3.63, 3.8) is 0 Å². The highest BCUT2D eigenvalue weighted by molar-refractivity contribution is 5.92. The third kappa shape index (κ3) is 3.77. The smallest absolute Gasteiger partial charge is 0.416 e. The van der Waals surface area contributed by atoms with Crippen LogP contribution in [0.5, 0.6) is 0 Å². The molecule has 1 aromatic carbocycles. The van der Waals surface area contributed by atoms with Crippen LogP contribution in [0.25, 0.3) is 0 Å². The number of hydrogen-bond donors (Lipinski definition) is 1. The standard InChI is InChI=1S/C22H22F3N3O3/c23-22(24,25)14-3-6-17-13(10-14)11-16(20(29)26-15-4-5-15)18-12-27(7-8-28(17)18)21(30)19-2-1-9-31-19/h1-3,6,9-10,15-16,18H,4-5,7-8,11-12H2,(H,26,29)/t16-,18+/m0/s1. The lowest BCUT2D eigenvalue weighted by Gasteiger charge is -2.49. The van der Waals surface area contributed by atoms with Crippen molar-refractivity contribution < 1.29 is 27.2 Å². The van der Waals surface area contributed by atoms with E-state index in [1.54, 1.807) is 17.0 Å². The maximum atomic E-state index is 13.3. The van der Waals surface area contributed by atoms with Gasteiger partial charge in [0.05, 0.1) is 23.8 Å². The minimum Gasteiger partial charge on any atom is -0.459 e. The Hall–Kier alpha value is -2.97. The molecule has 164 valence electrons. The molecule has 1 aliphatic carbocycles. The van der Waals surface area contributed by atoms with E-state index >= 15 is 0 Å². The lowest BCUT2D eigenvalue weighted by atomic mass is 9.82. The average molecular weight is 433 g/mol. The molecule has 0 unspecified atom stereocenters. The summed E-state index contributed by atoms with van der Waals surface area (Å²) in [5, 5.41) is 2.99. The zero-order valence-electron chi connectivity index (χ0n) is 16.7. The monoisotopic (exact) mass is 433 g/mol. The molecule has 31 heavy (non-hydrogen) atoms. The number of alkyl halides is 3. The number of anilines is 1. The lowest BCUT2D eigenvalue weighted by Crippen LogP contribution is -2.62. The third-order valence-electron chi connectivity index (χ3n) is 6.32. The quantitative estimate of drug-likeness (QED) is 0.808. The Kier molecular flexibility index (Phi) is 4.71. The number of furan rings is 1. The van der Waals surface area contributed by atoms with E-state index in [0.29, 0.717) is 30.9 Å². The van der Waals surface area contributed by atoms with E-state index in [4.69, 9.17) is 4.42 Å². The number of benzene rings is 1. The van der Waals surface area contributed by atoms with Gasteiger partial charge in [-0.2, -0.15) is 13.2 Å². The van der Waals surface area contributed by atoms with Crippen molar-refractivity contribution in [2.24, 2.45) is 5.92 Å². The van der Waals surface area contributed by atoms with Gasteiger partial charge in [-0.15, -0.1) is 0 Å². The van der Waals surface area contributed by atoms with E-state index in [-0.39, 0.29) is 36.1 Å². The molecular formula is C22H22F3N3O3.